The second kappa shape index (κ2) is 9.41. The van der Waals surface area contributed by atoms with Crippen molar-refractivity contribution >= 4 is 44.9 Å². The molecule has 0 saturated carbocycles. The minimum Gasteiger partial charge on any atom is -0.493 e. The number of amides is 1. The molecule has 0 fully saturated rings. The molecule has 1 amide bonds. The fourth-order valence-electron chi connectivity index (χ4n) is 3.56. The average Bonchev–Trinajstić information content (AvgIpc) is 3.11. The van der Waals surface area contributed by atoms with Gasteiger partial charge in [0.1, 0.15) is 6.61 Å². The number of carbonyl (C=O) groups is 1. The summed E-state index contributed by atoms with van der Waals surface area (Å²) in [7, 11) is 1.43. The van der Waals surface area contributed by atoms with Gasteiger partial charge in [0.25, 0.3) is 11.6 Å². The molecule has 0 aliphatic carbocycles. The first kappa shape index (κ1) is 24.3. The third-order valence-corrected chi connectivity index (χ3v) is 5.79. The maximum Gasteiger partial charge on any atom is 0.416 e. The summed E-state index contributed by atoms with van der Waals surface area (Å²) in [6.45, 7) is 0.0361. The molecule has 0 saturated heterocycles. The third-order valence-electron chi connectivity index (χ3n) is 5.20. The number of carbonyl (C=O) groups excluding carboxylic acids is 1. The van der Waals surface area contributed by atoms with Gasteiger partial charge in [-0.05, 0) is 57.4 Å². The van der Waals surface area contributed by atoms with Crippen molar-refractivity contribution in [2.45, 2.75) is 12.8 Å². The van der Waals surface area contributed by atoms with Crippen LogP contribution < -0.4 is 14.8 Å². The van der Waals surface area contributed by atoms with Crippen LogP contribution in [0.3, 0.4) is 0 Å². The number of nitro groups is 1. The number of rotatable bonds is 6. The number of halogens is 4. The number of methoxy groups -OCH3 is 1. The maximum absolute atomic E-state index is 13.0. The first-order chi connectivity index (χ1) is 16.6. The molecule has 1 heterocycles. The van der Waals surface area contributed by atoms with Gasteiger partial charge in [-0.3, -0.25) is 14.9 Å². The van der Waals surface area contributed by atoms with Crippen molar-refractivity contribution < 1.29 is 32.4 Å². The SMILES string of the molecule is COc1cc(/C=C2\C(=O)Nc3cc(C(F)(F)F)ccc32)cc(Br)c1OCc1cccc([N+](=O)[O-])c1. The quantitative estimate of drug-likeness (QED) is 0.217. The molecule has 11 heteroatoms. The van der Waals surface area contributed by atoms with Gasteiger partial charge in [0.05, 0.1) is 22.1 Å². The molecule has 0 bridgehead atoms. The zero-order chi connectivity index (χ0) is 25.3. The minimum absolute atomic E-state index is 0.0361. The van der Waals surface area contributed by atoms with Crippen molar-refractivity contribution in [3.8, 4) is 11.5 Å². The van der Waals surface area contributed by atoms with Crippen LogP contribution in [0.4, 0.5) is 24.5 Å². The predicted octanol–water partition coefficient (Wildman–Crippen LogP) is 6.46. The van der Waals surface area contributed by atoms with Crippen LogP contribution in [0.1, 0.15) is 22.3 Å². The van der Waals surface area contributed by atoms with E-state index in [4.69, 9.17) is 9.47 Å². The molecule has 0 unspecified atom stereocenters. The van der Waals surface area contributed by atoms with Crippen LogP contribution in [0, 0.1) is 10.1 Å². The number of nitro benzene ring substituents is 1. The Kier molecular flexibility index (Phi) is 6.53. The van der Waals surface area contributed by atoms with E-state index in [0.717, 1.165) is 12.1 Å². The van der Waals surface area contributed by atoms with Crippen LogP contribution in [0.2, 0.25) is 0 Å². The highest BCUT2D eigenvalue weighted by atomic mass is 79.9. The largest absolute Gasteiger partial charge is 0.493 e. The predicted molar refractivity (Wildman–Crippen MR) is 126 cm³/mol. The fraction of sp³-hybridized carbons (Fsp3) is 0.125. The van der Waals surface area contributed by atoms with Gasteiger partial charge in [-0.1, -0.05) is 18.2 Å². The van der Waals surface area contributed by atoms with Crippen LogP contribution in [0.5, 0.6) is 11.5 Å². The smallest absolute Gasteiger partial charge is 0.416 e. The van der Waals surface area contributed by atoms with Gasteiger partial charge in [0.2, 0.25) is 0 Å². The Morgan fingerprint density at radius 1 is 1.14 bits per heavy atom. The highest BCUT2D eigenvalue weighted by molar-refractivity contribution is 9.10. The molecule has 0 atom stereocenters. The lowest BCUT2D eigenvalue weighted by Gasteiger charge is -2.14. The Bertz CT molecular complexity index is 1370. The molecule has 3 aromatic carbocycles. The van der Waals surface area contributed by atoms with Crippen molar-refractivity contribution in [1.82, 2.24) is 0 Å². The van der Waals surface area contributed by atoms with Gasteiger partial charge >= 0.3 is 6.18 Å². The molecule has 0 aromatic heterocycles. The lowest BCUT2D eigenvalue weighted by Crippen LogP contribution is -2.06. The Balaban J connectivity index is 1.62. The lowest BCUT2D eigenvalue weighted by atomic mass is 10.0. The summed E-state index contributed by atoms with van der Waals surface area (Å²) in [4.78, 5) is 22.9. The summed E-state index contributed by atoms with van der Waals surface area (Å²) in [5, 5.41) is 13.4. The Morgan fingerprint density at radius 2 is 1.91 bits per heavy atom. The second-order valence-corrected chi connectivity index (χ2v) is 8.37. The van der Waals surface area contributed by atoms with Crippen molar-refractivity contribution in [3.63, 3.8) is 0 Å². The fourth-order valence-corrected chi connectivity index (χ4v) is 4.13. The zero-order valence-corrected chi connectivity index (χ0v) is 19.6. The van der Waals surface area contributed by atoms with Gasteiger partial charge in [0.15, 0.2) is 11.5 Å². The normalized spacial score (nSPS) is 14.0. The molecule has 1 aliphatic rings. The first-order valence-corrected chi connectivity index (χ1v) is 10.8. The van der Waals surface area contributed by atoms with Crippen LogP contribution in [0.15, 0.2) is 59.1 Å². The third kappa shape index (κ3) is 5.14. The second-order valence-electron chi connectivity index (χ2n) is 7.52. The van der Waals surface area contributed by atoms with Gasteiger partial charge < -0.3 is 14.8 Å². The number of ether oxygens (including phenoxy) is 2. The number of hydrogen-bond acceptors (Lipinski definition) is 5. The number of nitrogens with one attached hydrogen (secondary N) is 1. The lowest BCUT2D eigenvalue weighted by molar-refractivity contribution is -0.384. The van der Waals surface area contributed by atoms with Crippen molar-refractivity contribution in [3.05, 3.63) is 91.4 Å². The standard InChI is InChI=1S/C24H16BrF3N2O5/c1-34-21-10-14(8-18-17-6-5-15(24(26,27)28)11-20(17)29-23(18)31)9-19(25)22(21)35-12-13-3-2-4-16(7-13)30(32)33/h2-11H,12H2,1H3,(H,29,31)/b18-8-. The number of alkyl halides is 3. The average molecular weight is 549 g/mol. The monoisotopic (exact) mass is 548 g/mol. The Labute approximate surface area is 205 Å². The summed E-state index contributed by atoms with van der Waals surface area (Å²) >= 11 is 3.41. The number of fused-ring (bicyclic) bond motifs is 1. The van der Waals surface area contributed by atoms with Crippen LogP contribution in [0.25, 0.3) is 11.6 Å². The summed E-state index contributed by atoms with van der Waals surface area (Å²) in [5.41, 5.74) is 0.839. The number of hydrogen-bond donors (Lipinski definition) is 1. The summed E-state index contributed by atoms with van der Waals surface area (Å²) in [5.74, 6) is 0.135. The van der Waals surface area contributed by atoms with E-state index >= 15 is 0 Å². The molecule has 0 radical (unpaired) electrons. The molecule has 0 spiro atoms. The molecule has 180 valence electrons. The number of non-ortho nitro benzene ring substituents is 1. The summed E-state index contributed by atoms with van der Waals surface area (Å²) < 4.78 is 50.7. The van der Waals surface area contributed by atoms with E-state index < -0.39 is 22.6 Å². The van der Waals surface area contributed by atoms with Crippen LogP contribution in [-0.2, 0) is 17.6 Å². The Morgan fingerprint density at radius 3 is 2.60 bits per heavy atom. The van der Waals surface area contributed by atoms with E-state index in [9.17, 15) is 28.1 Å². The van der Waals surface area contributed by atoms with Crippen molar-refractivity contribution in [1.29, 1.82) is 0 Å². The molecule has 1 N–H and O–H groups in total. The number of nitrogens with zero attached hydrogens (tertiary/aromatic N) is 1. The Hall–Kier alpha value is -3.86. The topological polar surface area (TPSA) is 90.7 Å². The van der Waals surface area contributed by atoms with E-state index in [1.807, 2.05) is 0 Å². The van der Waals surface area contributed by atoms with Crippen molar-refractivity contribution in [2.24, 2.45) is 0 Å². The summed E-state index contributed by atoms with van der Waals surface area (Å²) in [6, 6.07) is 12.4. The molecule has 3 aromatic rings. The molecule has 1 aliphatic heterocycles. The minimum atomic E-state index is -4.52. The van der Waals surface area contributed by atoms with Crippen LogP contribution >= 0.6 is 15.9 Å². The highest BCUT2D eigenvalue weighted by Crippen LogP contribution is 2.41. The molecule has 35 heavy (non-hydrogen) atoms. The van der Waals surface area contributed by atoms with E-state index in [0.29, 0.717) is 32.7 Å². The number of benzene rings is 3. The molecule has 7 nitrogen and oxygen atoms in total. The molecular weight excluding hydrogens is 533 g/mol. The van der Waals surface area contributed by atoms with E-state index in [1.165, 1.54) is 31.4 Å². The molecular formula is C24H16BrF3N2O5. The van der Waals surface area contributed by atoms with E-state index in [2.05, 4.69) is 21.2 Å². The van der Waals surface area contributed by atoms with Crippen LogP contribution in [-0.4, -0.2) is 17.9 Å². The van der Waals surface area contributed by atoms with Gasteiger partial charge in [-0.25, -0.2) is 0 Å². The highest BCUT2D eigenvalue weighted by Gasteiger charge is 2.33. The van der Waals surface area contributed by atoms with E-state index in [1.54, 1.807) is 24.3 Å². The molecule has 4 rings (SSSR count). The maximum atomic E-state index is 13.0. The van der Waals surface area contributed by atoms with Crippen molar-refractivity contribution in [2.75, 3.05) is 12.4 Å². The number of anilines is 1. The first-order valence-electron chi connectivity index (χ1n) is 10.0. The van der Waals surface area contributed by atoms with Gasteiger partial charge in [0, 0.05) is 29.0 Å². The zero-order valence-electron chi connectivity index (χ0n) is 18.0. The summed E-state index contributed by atoms with van der Waals surface area (Å²) in [6.07, 6.45) is -2.99. The van der Waals surface area contributed by atoms with Gasteiger partial charge in [-0.15, -0.1) is 0 Å². The van der Waals surface area contributed by atoms with Gasteiger partial charge in [-0.2, -0.15) is 13.2 Å². The van der Waals surface area contributed by atoms with E-state index in [-0.39, 0.29) is 23.6 Å².